The molecule has 0 spiro atoms. The lowest BCUT2D eigenvalue weighted by atomic mass is 9.98. The molecule has 1 atom stereocenters. The van der Waals surface area contributed by atoms with Crippen molar-refractivity contribution in [1.29, 1.82) is 0 Å². The number of benzene rings is 2. The van der Waals surface area contributed by atoms with E-state index in [1.165, 1.54) is 6.07 Å². The monoisotopic (exact) mass is 345 g/mol. The van der Waals surface area contributed by atoms with Gasteiger partial charge in [-0.1, -0.05) is 35.9 Å². The van der Waals surface area contributed by atoms with Crippen LogP contribution in [0.1, 0.15) is 17.2 Å². The van der Waals surface area contributed by atoms with Crippen molar-refractivity contribution in [2.45, 2.75) is 6.04 Å². The third kappa shape index (κ3) is 2.81. The fraction of sp³-hybridized carbons (Fsp3) is 0.143. The summed E-state index contributed by atoms with van der Waals surface area (Å²) in [4.78, 5) is 0. The van der Waals surface area contributed by atoms with Gasteiger partial charge in [-0.2, -0.15) is 0 Å². The second-order valence-electron chi connectivity index (χ2n) is 4.01. The van der Waals surface area contributed by atoms with Gasteiger partial charge in [0.25, 0.3) is 0 Å². The van der Waals surface area contributed by atoms with Crippen LogP contribution in [0, 0.1) is 11.6 Å². The van der Waals surface area contributed by atoms with E-state index in [9.17, 15) is 8.78 Å². The largest absolute Gasteiger partial charge is 0.309 e. The molecule has 0 aliphatic heterocycles. The molecule has 0 aliphatic carbocycles. The maximum atomic E-state index is 13.6. The summed E-state index contributed by atoms with van der Waals surface area (Å²) in [5.41, 5.74) is 1.40. The van der Waals surface area contributed by atoms with Crippen molar-refractivity contribution in [3.05, 3.63) is 68.7 Å². The highest BCUT2D eigenvalue weighted by atomic mass is 79.9. The number of nitrogens with one attached hydrogen (secondary N) is 1. The molecule has 1 nitrogen and oxygen atoms in total. The zero-order valence-corrected chi connectivity index (χ0v) is 12.4. The minimum atomic E-state index is -0.898. The second kappa shape index (κ2) is 5.99. The van der Waals surface area contributed by atoms with Crippen LogP contribution in [0.5, 0.6) is 0 Å². The van der Waals surface area contributed by atoms with Gasteiger partial charge in [0.2, 0.25) is 0 Å². The van der Waals surface area contributed by atoms with Crippen LogP contribution in [0.4, 0.5) is 8.78 Å². The molecule has 2 rings (SSSR count). The molecule has 1 unspecified atom stereocenters. The van der Waals surface area contributed by atoms with Crippen molar-refractivity contribution in [2.75, 3.05) is 7.05 Å². The third-order valence-corrected chi connectivity index (χ3v) is 4.03. The average Bonchev–Trinajstić information content (AvgIpc) is 2.41. The Hall–Kier alpha value is -0.970. The molecule has 0 fully saturated rings. The Morgan fingerprint density at radius 3 is 2.42 bits per heavy atom. The molecule has 0 saturated heterocycles. The van der Waals surface area contributed by atoms with Crippen molar-refractivity contribution in [3.8, 4) is 0 Å². The maximum absolute atomic E-state index is 13.6. The summed E-state index contributed by atoms with van der Waals surface area (Å²) in [7, 11) is 1.74. The van der Waals surface area contributed by atoms with Gasteiger partial charge in [-0.15, -0.1) is 0 Å². The van der Waals surface area contributed by atoms with Gasteiger partial charge in [-0.25, -0.2) is 8.78 Å². The van der Waals surface area contributed by atoms with Crippen LogP contribution in [0.3, 0.4) is 0 Å². The number of hydrogen-bond acceptors (Lipinski definition) is 1. The van der Waals surface area contributed by atoms with Crippen molar-refractivity contribution in [1.82, 2.24) is 5.32 Å². The van der Waals surface area contributed by atoms with Gasteiger partial charge >= 0.3 is 0 Å². The Balaban J connectivity index is 2.55. The van der Waals surface area contributed by atoms with E-state index in [4.69, 9.17) is 11.6 Å². The molecule has 0 aromatic heterocycles. The molecule has 1 N–H and O–H groups in total. The van der Waals surface area contributed by atoms with Crippen LogP contribution in [-0.2, 0) is 0 Å². The van der Waals surface area contributed by atoms with Gasteiger partial charge in [0.15, 0.2) is 11.6 Å². The molecule has 0 bridgehead atoms. The minimum Gasteiger partial charge on any atom is -0.309 e. The van der Waals surface area contributed by atoms with Crippen molar-refractivity contribution < 1.29 is 8.78 Å². The van der Waals surface area contributed by atoms with Crippen LogP contribution in [-0.4, -0.2) is 7.05 Å². The number of rotatable bonds is 3. The maximum Gasteiger partial charge on any atom is 0.173 e. The van der Waals surface area contributed by atoms with E-state index >= 15 is 0 Å². The summed E-state index contributed by atoms with van der Waals surface area (Å²) in [5, 5.41) is 3.63. The molecule has 100 valence electrons. The summed E-state index contributed by atoms with van der Waals surface area (Å²) in [6.45, 7) is 0. The minimum absolute atomic E-state index is 0.103. The Morgan fingerprint density at radius 1 is 1.11 bits per heavy atom. The molecule has 2 aromatic rings. The van der Waals surface area contributed by atoms with Crippen LogP contribution >= 0.6 is 27.5 Å². The molecular formula is C14H11BrClF2N. The predicted molar refractivity (Wildman–Crippen MR) is 76.4 cm³/mol. The Bertz CT molecular complexity index is 604. The highest BCUT2D eigenvalue weighted by Crippen LogP contribution is 2.34. The first kappa shape index (κ1) is 14.4. The summed E-state index contributed by atoms with van der Waals surface area (Å²) in [6.07, 6.45) is 0. The lowest BCUT2D eigenvalue weighted by Gasteiger charge is -2.20. The topological polar surface area (TPSA) is 12.0 Å². The Labute approximate surface area is 123 Å². The second-order valence-corrected chi connectivity index (χ2v) is 5.21. The smallest absolute Gasteiger partial charge is 0.173 e. The third-order valence-electron chi connectivity index (χ3n) is 2.88. The first-order valence-electron chi connectivity index (χ1n) is 5.61. The van der Waals surface area contributed by atoms with Gasteiger partial charge in [-0.05, 0) is 46.2 Å². The molecule has 0 saturated carbocycles. The average molecular weight is 347 g/mol. The van der Waals surface area contributed by atoms with Gasteiger partial charge < -0.3 is 5.32 Å². The molecular weight excluding hydrogens is 336 g/mol. The molecule has 2 aromatic carbocycles. The fourth-order valence-electron chi connectivity index (χ4n) is 1.95. The normalized spacial score (nSPS) is 12.5. The zero-order valence-electron chi connectivity index (χ0n) is 10.1. The summed E-state index contributed by atoms with van der Waals surface area (Å²) in [6, 6.07) is 9.59. The van der Waals surface area contributed by atoms with Gasteiger partial charge in [0, 0.05) is 5.02 Å². The van der Waals surface area contributed by atoms with Crippen LogP contribution in [0.2, 0.25) is 5.02 Å². The standard InChI is InChI=1S/C14H11BrClF2N/c1-19-14(8-4-2-3-5-10(8)16)9-6-7-11(17)13(18)12(9)15/h2-7,14,19H,1H3. The summed E-state index contributed by atoms with van der Waals surface area (Å²) < 4.78 is 26.9. The van der Waals surface area contributed by atoms with Crippen molar-refractivity contribution >= 4 is 27.5 Å². The Morgan fingerprint density at radius 2 is 1.79 bits per heavy atom. The molecule has 0 aliphatic rings. The van der Waals surface area contributed by atoms with Gasteiger partial charge in [0.1, 0.15) is 0 Å². The predicted octanol–water partition coefficient (Wildman–Crippen LogP) is 4.69. The fourth-order valence-corrected chi connectivity index (χ4v) is 2.75. The Kier molecular flexibility index (Phi) is 4.55. The molecule has 0 heterocycles. The van der Waals surface area contributed by atoms with Crippen LogP contribution < -0.4 is 5.32 Å². The quantitative estimate of drug-likeness (QED) is 0.795. The van der Waals surface area contributed by atoms with Crippen LogP contribution in [0.25, 0.3) is 0 Å². The first-order chi connectivity index (χ1) is 9.06. The first-order valence-corrected chi connectivity index (χ1v) is 6.78. The molecule has 0 amide bonds. The van der Waals surface area contributed by atoms with E-state index in [-0.39, 0.29) is 10.5 Å². The van der Waals surface area contributed by atoms with Gasteiger partial charge in [0.05, 0.1) is 10.5 Å². The van der Waals surface area contributed by atoms with E-state index in [1.807, 2.05) is 18.2 Å². The highest BCUT2D eigenvalue weighted by Gasteiger charge is 2.20. The van der Waals surface area contributed by atoms with Gasteiger partial charge in [-0.3, -0.25) is 0 Å². The van der Waals surface area contributed by atoms with E-state index in [0.29, 0.717) is 10.6 Å². The molecule has 0 radical (unpaired) electrons. The van der Waals surface area contributed by atoms with Crippen LogP contribution in [0.15, 0.2) is 40.9 Å². The van der Waals surface area contributed by atoms with Crippen molar-refractivity contribution in [3.63, 3.8) is 0 Å². The lowest BCUT2D eigenvalue weighted by Crippen LogP contribution is -2.19. The van der Waals surface area contributed by atoms with E-state index in [0.717, 1.165) is 11.6 Å². The molecule has 19 heavy (non-hydrogen) atoms. The lowest BCUT2D eigenvalue weighted by molar-refractivity contribution is 0.499. The molecule has 5 heteroatoms. The summed E-state index contributed by atoms with van der Waals surface area (Å²) >= 11 is 9.24. The number of hydrogen-bond donors (Lipinski definition) is 1. The number of halogens is 4. The zero-order chi connectivity index (χ0) is 14.0. The van der Waals surface area contributed by atoms with E-state index in [1.54, 1.807) is 13.1 Å². The van der Waals surface area contributed by atoms with E-state index < -0.39 is 11.6 Å². The van der Waals surface area contributed by atoms with Crippen molar-refractivity contribution in [2.24, 2.45) is 0 Å². The summed E-state index contributed by atoms with van der Waals surface area (Å²) in [5.74, 6) is -1.78. The SMILES string of the molecule is CNC(c1ccccc1Cl)c1ccc(F)c(F)c1Br. The highest BCUT2D eigenvalue weighted by molar-refractivity contribution is 9.10. The van der Waals surface area contributed by atoms with E-state index in [2.05, 4.69) is 21.2 Å².